The van der Waals surface area contributed by atoms with Gasteiger partial charge in [0, 0.05) is 35.2 Å². The molecule has 2 aliphatic rings. The van der Waals surface area contributed by atoms with Crippen LogP contribution in [0.25, 0.3) is 11.1 Å². The van der Waals surface area contributed by atoms with E-state index in [9.17, 15) is 31.5 Å². The third-order valence-corrected chi connectivity index (χ3v) is 8.37. The van der Waals surface area contributed by atoms with Gasteiger partial charge in [-0.1, -0.05) is 19.1 Å². The Kier molecular flexibility index (Phi) is 7.40. The fourth-order valence-corrected chi connectivity index (χ4v) is 6.45. The maximum Gasteiger partial charge on any atom is 0.293 e. The van der Waals surface area contributed by atoms with Crippen LogP contribution in [0.1, 0.15) is 63.9 Å². The van der Waals surface area contributed by atoms with Crippen molar-refractivity contribution in [2.45, 2.75) is 44.2 Å². The quantitative estimate of drug-likeness (QED) is 0.223. The van der Waals surface area contributed by atoms with Crippen molar-refractivity contribution in [1.82, 2.24) is 20.1 Å². The average molecular weight is 632 g/mol. The van der Waals surface area contributed by atoms with E-state index in [0.717, 1.165) is 18.2 Å². The van der Waals surface area contributed by atoms with Crippen LogP contribution >= 0.6 is 0 Å². The molecule has 14 heteroatoms. The number of nitrogens with zero attached hydrogens (tertiary/aromatic N) is 3. The lowest BCUT2D eigenvalue weighted by molar-refractivity contribution is -0.123. The maximum absolute atomic E-state index is 15.3. The Bertz CT molecular complexity index is 1820. The molecule has 2 heterocycles. The molecule has 0 radical (unpaired) electrons. The largest absolute Gasteiger partial charge is 0.366 e. The van der Waals surface area contributed by atoms with Gasteiger partial charge in [0.15, 0.2) is 0 Å². The van der Waals surface area contributed by atoms with Crippen molar-refractivity contribution in [3.63, 3.8) is 0 Å². The second-order valence-electron chi connectivity index (χ2n) is 11.2. The minimum absolute atomic E-state index is 0.0897. The molecule has 6 rings (SSSR count). The van der Waals surface area contributed by atoms with E-state index in [1.165, 1.54) is 30.5 Å². The summed E-state index contributed by atoms with van der Waals surface area (Å²) in [5, 5.41) is 6.31. The number of nitrogens with two attached hydrogens (primary N) is 1. The van der Waals surface area contributed by atoms with Crippen molar-refractivity contribution in [3.05, 3.63) is 106 Å². The Balaban J connectivity index is 1.38. The molecule has 7 nitrogen and oxygen atoms in total. The second-order valence-corrected chi connectivity index (χ2v) is 11.2. The van der Waals surface area contributed by atoms with Gasteiger partial charge < -0.3 is 11.1 Å². The highest BCUT2D eigenvalue weighted by atomic mass is 19.3. The summed E-state index contributed by atoms with van der Waals surface area (Å²) in [5.74, 6) is -10.6. The lowest BCUT2D eigenvalue weighted by Gasteiger charge is -2.22. The molecule has 2 aliphatic carbocycles. The molecule has 4 aromatic rings. The van der Waals surface area contributed by atoms with Gasteiger partial charge in [-0.25, -0.2) is 22.0 Å². The molecule has 2 aromatic carbocycles. The van der Waals surface area contributed by atoms with E-state index < -0.39 is 88.9 Å². The number of halogens is 7. The van der Waals surface area contributed by atoms with Crippen LogP contribution < -0.4 is 11.1 Å². The number of primary amides is 1. The van der Waals surface area contributed by atoms with Crippen molar-refractivity contribution >= 4 is 11.8 Å². The number of nitrogens with one attached hydrogen (secondary N) is 1. The van der Waals surface area contributed by atoms with E-state index >= 15 is 8.78 Å². The second kappa shape index (κ2) is 11.0. The number of rotatable bonds is 9. The van der Waals surface area contributed by atoms with E-state index in [2.05, 4.69) is 15.4 Å². The standard InChI is InChI=1S/C31H24F7N5O2/c1-13-23-24-27(29(35)36)42-43(28(24)31(37,38)25(13)23)12-22(44)41-21(9-14-7-16(32)11-17(33)8-14)26-18(3-2-6-40-26)15-4-5-20(34)19(10-15)30(39)45/h2-8,10-11,13,21,23,25,29H,9,12H2,1H3,(H2,39,45)(H,41,44)/t13-,21+,23-,25-/m1/s1. The molecule has 4 atom stereocenters. The summed E-state index contributed by atoms with van der Waals surface area (Å²) in [6.07, 6.45) is -2.05. The van der Waals surface area contributed by atoms with Crippen LogP contribution in [0.3, 0.4) is 0 Å². The highest BCUT2D eigenvalue weighted by Crippen LogP contribution is 2.71. The molecule has 3 N–H and O–H groups in total. The van der Waals surface area contributed by atoms with Crippen molar-refractivity contribution in [2.24, 2.45) is 17.6 Å². The molecule has 1 fully saturated rings. The van der Waals surface area contributed by atoms with Crippen molar-refractivity contribution in [1.29, 1.82) is 0 Å². The van der Waals surface area contributed by atoms with Crippen molar-refractivity contribution in [2.75, 3.05) is 0 Å². The van der Waals surface area contributed by atoms with Gasteiger partial charge in [0.2, 0.25) is 5.91 Å². The predicted molar refractivity (Wildman–Crippen MR) is 146 cm³/mol. The first-order chi connectivity index (χ1) is 21.3. The molecular weight excluding hydrogens is 607 g/mol. The number of hydrogen-bond donors (Lipinski definition) is 2. The van der Waals surface area contributed by atoms with Crippen LogP contribution in [0, 0.1) is 29.3 Å². The fourth-order valence-electron chi connectivity index (χ4n) is 6.45. The molecule has 1 saturated carbocycles. The maximum atomic E-state index is 15.3. The summed E-state index contributed by atoms with van der Waals surface area (Å²) < 4.78 is 101. The molecule has 0 spiro atoms. The average Bonchev–Trinajstić information content (AvgIpc) is 3.37. The smallest absolute Gasteiger partial charge is 0.293 e. The first-order valence-electron chi connectivity index (χ1n) is 13.8. The number of amides is 2. The molecule has 0 bridgehead atoms. The van der Waals surface area contributed by atoms with E-state index in [1.807, 2.05) is 0 Å². The van der Waals surface area contributed by atoms with Crippen LogP contribution in [0.15, 0.2) is 54.7 Å². The zero-order chi connectivity index (χ0) is 32.4. The Labute approximate surface area is 251 Å². The van der Waals surface area contributed by atoms with E-state index in [4.69, 9.17) is 5.73 Å². The summed E-state index contributed by atoms with van der Waals surface area (Å²) in [6, 6.07) is 8.08. The topological polar surface area (TPSA) is 103 Å². The lowest BCUT2D eigenvalue weighted by atomic mass is 9.94. The summed E-state index contributed by atoms with van der Waals surface area (Å²) in [6.45, 7) is 0.681. The molecule has 2 amide bonds. The fraction of sp³-hybridized carbons (Fsp3) is 0.290. The van der Waals surface area contributed by atoms with Crippen LogP contribution in [-0.4, -0.2) is 26.6 Å². The van der Waals surface area contributed by atoms with E-state index in [1.54, 1.807) is 6.92 Å². The van der Waals surface area contributed by atoms with Crippen LogP contribution in [-0.2, 0) is 23.7 Å². The predicted octanol–water partition coefficient (Wildman–Crippen LogP) is 5.95. The first-order valence-corrected chi connectivity index (χ1v) is 13.8. The number of alkyl halides is 4. The van der Waals surface area contributed by atoms with Crippen LogP contribution in [0.2, 0.25) is 0 Å². The minimum Gasteiger partial charge on any atom is -0.366 e. The molecule has 0 saturated heterocycles. The van der Waals surface area contributed by atoms with Crippen molar-refractivity contribution in [3.8, 4) is 11.1 Å². The third kappa shape index (κ3) is 5.31. The molecular formula is C31H24F7N5O2. The van der Waals surface area contributed by atoms with Crippen LogP contribution in [0.4, 0.5) is 30.7 Å². The Morgan fingerprint density at radius 1 is 1.04 bits per heavy atom. The first kappa shape index (κ1) is 30.3. The zero-order valence-corrected chi connectivity index (χ0v) is 23.4. The number of carbonyl (C=O) groups excluding carboxylic acids is 2. The molecule has 45 heavy (non-hydrogen) atoms. The summed E-state index contributed by atoms with van der Waals surface area (Å²) >= 11 is 0. The zero-order valence-electron chi connectivity index (χ0n) is 23.4. The Hall–Kier alpha value is -4.75. The summed E-state index contributed by atoms with van der Waals surface area (Å²) in [4.78, 5) is 29.5. The number of fused-ring (bicyclic) bond motifs is 3. The highest BCUT2D eigenvalue weighted by molar-refractivity contribution is 5.94. The number of pyridine rings is 1. The number of hydrogen-bond acceptors (Lipinski definition) is 4. The molecule has 0 unspecified atom stereocenters. The Morgan fingerprint density at radius 3 is 2.42 bits per heavy atom. The normalized spacial score (nSPS) is 20.1. The van der Waals surface area contributed by atoms with Gasteiger partial charge >= 0.3 is 0 Å². The van der Waals surface area contributed by atoms with Gasteiger partial charge in [0.25, 0.3) is 18.3 Å². The SMILES string of the molecule is C[C@@H]1[C@@H]2c3c(C(F)F)nn(CC(=O)N[C@@H](Cc4cc(F)cc(F)c4)c4ncccc4-c4ccc(F)c(C(N)=O)c4)c3C(F)(F)[C@H]12. The lowest BCUT2D eigenvalue weighted by Crippen LogP contribution is -2.35. The number of carbonyl (C=O) groups is 2. The summed E-state index contributed by atoms with van der Waals surface area (Å²) in [7, 11) is 0. The van der Waals surface area contributed by atoms with Gasteiger partial charge in [-0.15, -0.1) is 0 Å². The highest BCUT2D eigenvalue weighted by Gasteiger charge is 2.71. The van der Waals surface area contributed by atoms with Gasteiger partial charge in [0.05, 0.1) is 17.3 Å². The molecule has 0 aliphatic heterocycles. The van der Waals surface area contributed by atoms with Crippen molar-refractivity contribution < 1.29 is 40.3 Å². The van der Waals surface area contributed by atoms with Gasteiger partial charge in [-0.05, 0) is 53.8 Å². The number of aromatic nitrogens is 3. The number of benzene rings is 2. The third-order valence-electron chi connectivity index (χ3n) is 8.37. The van der Waals surface area contributed by atoms with Gasteiger partial charge in [0.1, 0.15) is 35.4 Å². The monoisotopic (exact) mass is 631 g/mol. The minimum atomic E-state index is -3.48. The molecule has 234 valence electrons. The van der Waals surface area contributed by atoms with E-state index in [0.29, 0.717) is 10.7 Å². The summed E-state index contributed by atoms with van der Waals surface area (Å²) in [5.41, 5.74) is 3.85. The Morgan fingerprint density at radius 2 is 1.76 bits per heavy atom. The van der Waals surface area contributed by atoms with E-state index in [-0.39, 0.29) is 34.4 Å². The molecule has 2 aromatic heterocycles. The van der Waals surface area contributed by atoms with Gasteiger partial charge in [-0.3, -0.25) is 19.3 Å². The van der Waals surface area contributed by atoms with Gasteiger partial charge in [-0.2, -0.15) is 13.9 Å². The van der Waals surface area contributed by atoms with Crippen LogP contribution in [0.5, 0.6) is 0 Å².